The smallest absolute Gasteiger partial charge is 0.338 e. The summed E-state index contributed by atoms with van der Waals surface area (Å²) in [7, 11) is 0. The van der Waals surface area contributed by atoms with E-state index in [0.29, 0.717) is 18.6 Å². The van der Waals surface area contributed by atoms with E-state index in [-0.39, 0.29) is 5.97 Å². The van der Waals surface area contributed by atoms with E-state index in [2.05, 4.69) is 6.58 Å². The number of hydrogen-bond acceptors (Lipinski definition) is 2. The highest BCUT2D eigenvalue weighted by atomic mass is 16.5. The average molecular weight is 252 g/mol. The number of rotatable bonds is 5. The summed E-state index contributed by atoms with van der Waals surface area (Å²) in [6, 6.07) is 17.0. The van der Waals surface area contributed by atoms with Crippen molar-refractivity contribution < 1.29 is 9.53 Å². The van der Waals surface area contributed by atoms with Crippen LogP contribution in [0.25, 0.3) is 6.08 Å². The fourth-order valence-corrected chi connectivity index (χ4v) is 1.87. The quantitative estimate of drug-likeness (QED) is 0.758. The highest BCUT2D eigenvalue weighted by Crippen LogP contribution is 2.11. The molecule has 19 heavy (non-hydrogen) atoms. The Hall–Kier alpha value is -2.35. The van der Waals surface area contributed by atoms with Gasteiger partial charge in [0.1, 0.15) is 0 Å². The molecule has 0 aliphatic heterocycles. The van der Waals surface area contributed by atoms with Crippen LogP contribution < -0.4 is 0 Å². The molecule has 0 aliphatic carbocycles. The third kappa shape index (κ3) is 3.55. The summed E-state index contributed by atoms with van der Waals surface area (Å²) in [6.07, 6.45) is 2.51. The Kier molecular flexibility index (Phi) is 4.51. The molecule has 0 N–H and O–H groups in total. The monoisotopic (exact) mass is 252 g/mol. The van der Waals surface area contributed by atoms with Gasteiger partial charge in [-0.25, -0.2) is 4.79 Å². The van der Waals surface area contributed by atoms with Crippen molar-refractivity contribution in [2.45, 2.75) is 6.42 Å². The van der Waals surface area contributed by atoms with Gasteiger partial charge in [-0.05, 0) is 23.3 Å². The van der Waals surface area contributed by atoms with Crippen LogP contribution in [0.15, 0.2) is 61.2 Å². The van der Waals surface area contributed by atoms with Crippen molar-refractivity contribution in [3.8, 4) is 0 Å². The van der Waals surface area contributed by atoms with Crippen LogP contribution in [0.4, 0.5) is 0 Å². The number of benzene rings is 2. The third-order valence-corrected chi connectivity index (χ3v) is 2.89. The number of hydrogen-bond donors (Lipinski definition) is 0. The maximum Gasteiger partial charge on any atom is 0.338 e. The average Bonchev–Trinajstić information content (AvgIpc) is 2.48. The lowest BCUT2D eigenvalue weighted by Gasteiger charge is -2.07. The summed E-state index contributed by atoms with van der Waals surface area (Å²) >= 11 is 0. The van der Waals surface area contributed by atoms with E-state index >= 15 is 0 Å². The van der Waals surface area contributed by atoms with Gasteiger partial charge in [0.25, 0.3) is 0 Å². The first-order valence-electron chi connectivity index (χ1n) is 6.24. The van der Waals surface area contributed by atoms with E-state index in [4.69, 9.17) is 4.74 Å². The van der Waals surface area contributed by atoms with Gasteiger partial charge in [-0.15, -0.1) is 0 Å². The number of carbonyl (C=O) groups is 1. The molecular formula is C17H16O2. The SMILES string of the molecule is C=Cc1ccccc1CCOC(=O)c1ccccc1. The number of carbonyl (C=O) groups excluding carboxylic acids is 1. The van der Waals surface area contributed by atoms with Crippen LogP contribution in [0.1, 0.15) is 21.5 Å². The van der Waals surface area contributed by atoms with Gasteiger partial charge in [-0.2, -0.15) is 0 Å². The normalized spacial score (nSPS) is 9.89. The Morgan fingerprint density at radius 2 is 1.74 bits per heavy atom. The molecular weight excluding hydrogens is 236 g/mol. The van der Waals surface area contributed by atoms with Crippen molar-refractivity contribution >= 4 is 12.0 Å². The van der Waals surface area contributed by atoms with E-state index in [1.165, 1.54) is 0 Å². The van der Waals surface area contributed by atoms with Crippen LogP contribution in [0.2, 0.25) is 0 Å². The fraction of sp³-hybridized carbons (Fsp3) is 0.118. The minimum atomic E-state index is -0.281. The molecule has 0 fully saturated rings. The zero-order chi connectivity index (χ0) is 13.5. The maximum absolute atomic E-state index is 11.7. The van der Waals surface area contributed by atoms with Crippen LogP contribution in [0.3, 0.4) is 0 Å². The van der Waals surface area contributed by atoms with Gasteiger partial charge in [0.2, 0.25) is 0 Å². The summed E-state index contributed by atoms with van der Waals surface area (Å²) < 4.78 is 5.26. The molecule has 2 nitrogen and oxygen atoms in total. The highest BCUT2D eigenvalue weighted by Gasteiger charge is 2.06. The third-order valence-electron chi connectivity index (χ3n) is 2.89. The summed E-state index contributed by atoms with van der Waals surface area (Å²) in [5, 5.41) is 0. The molecule has 0 heterocycles. The molecule has 0 amide bonds. The predicted molar refractivity (Wildman–Crippen MR) is 77.0 cm³/mol. The Balaban J connectivity index is 1.90. The van der Waals surface area contributed by atoms with Gasteiger partial charge in [0.05, 0.1) is 12.2 Å². The van der Waals surface area contributed by atoms with E-state index in [0.717, 1.165) is 11.1 Å². The molecule has 2 heteroatoms. The molecule has 0 bridgehead atoms. The molecule has 0 spiro atoms. The molecule has 0 radical (unpaired) electrons. The molecule has 0 aliphatic rings. The van der Waals surface area contributed by atoms with Crippen LogP contribution >= 0.6 is 0 Å². The minimum absolute atomic E-state index is 0.281. The van der Waals surface area contributed by atoms with Gasteiger partial charge in [0.15, 0.2) is 0 Å². The molecule has 0 aromatic heterocycles. The lowest BCUT2D eigenvalue weighted by atomic mass is 10.1. The van der Waals surface area contributed by atoms with Crippen molar-refractivity contribution in [2.75, 3.05) is 6.61 Å². The Morgan fingerprint density at radius 1 is 1.05 bits per heavy atom. The molecule has 96 valence electrons. The zero-order valence-electron chi connectivity index (χ0n) is 10.7. The molecule has 2 aromatic carbocycles. The Morgan fingerprint density at radius 3 is 2.47 bits per heavy atom. The topological polar surface area (TPSA) is 26.3 Å². The van der Waals surface area contributed by atoms with Crippen molar-refractivity contribution in [3.05, 3.63) is 77.9 Å². The largest absolute Gasteiger partial charge is 0.462 e. The first-order chi connectivity index (χ1) is 9.31. The van der Waals surface area contributed by atoms with Gasteiger partial charge >= 0.3 is 5.97 Å². The van der Waals surface area contributed by atoms with Gasteiger partial charge in [-0.1, -0.05) is 55.1 Å². The van der Waals surface area contributed by atoms with Crippen LogP contribution in [0.5, 0.6) is 0 Å². The standard InChI is InChI=1S/C17H16O2/c1-2-14-8-6-7-9-15(14)12-13-19-17(18)16-10-4-3-5-11-16/h2-11H,1,12-13H2. The highest BCUT2D eigenvalue weighted by molar-refractivity contribution is 5.89. The second-order valence-electron chi connectivity index (χ2n) is 4.15. The van der Waals surface area contributed by atoms with Crippen LogP contribution in [-0.2, 0) is 11.2 Å². The Labute approximate surface area is 113 Å². The summed E-state index contributed by atoms with van der Waals surface area (Å²) in [6.45, 7) is 4.15. The first kappa shape index (κ1) is 13.1. The van der Waals surface area contributed by atoms with Gasteiger partial charge in [0, 0.05) is 6.42 Å². The fourth-order valence-electron chi connectivity index (χ4n) is 1.87. The van der Waals surface area contributed by atoms with Crippen molar-refractivity contribution in [2.24, 2.45) is 0 Å². The second kappa shape index (κ2) is 6.55. The van der Waals surface area contributed by atoms with E-state index in [1.54, 1.807) is 12.1 Å². The lowest BCUT2D eigenvalue weighted by molar-refractivity contribution is 0.0509. The van der Waals surface area contributed by atoms with E-state index in [9.17, 15) is 4.79 Å². The van der Waals surface area contributed by atoms with Crippen LogP contribution in [-0.4, -0.2) is 12.6 Å². The number of esters is 1. The van der Waals surface area contributed by atoms with Gasteiger partial charge < -0.3 is 4.74 Å². The minimum Gasteiger partial charge on any atom is -0.462 e. The maximum atomic E-state index is 11.7. The molecule has 0 saturated carbocycles. The van der Waals surface area contributed by atoms with Crippen molar-refractivity contribution in [3.63, 3.8) is 0 Å². The second-order valence-corrected chi connectivity index (χ2v) is 4.15. The summed E-state index contributed by atoms with van der Waals surface area (Å²) in [5.41, 5.74) is 2.80. The lowest BCUT2D eigenvalue weighted by Crippen LogP contribution is -2.08. The van der Waals surface area contributed by atoms with Gasteiger partial charge in [-0.3, -0.25) is 0 Å². The first-order valence-corrected chi connectivity index (χ1v) is 6.24. The summed E-state index contributed by atoms with van der Waals surface area (Å²) in [5.74, 6) is -0.281. The van der Waals surface area contributed by atoms with Crippen molar-refractivity contribution in [1.82, 2.24) is 0 Å². The molecule has 2 rings (SSSR count). The van der Waals surface area contributed by atoms with Crippen LogP contribution in [0, 0.1) is 0 Å². The molecule has 0 atom stereocenters. The number of ether oxygens (including phenoxy) is 1. The Bertz CT molecular complexity index is 558. The van der Waals surface area contributed by atoms with E-state index < -0.39 is 0 Å². The van der Waals surface area contributed by atoms with E-state index in [1.807, 2.05) is 48.5 Å². The zero-order valence-corrected chi connectivity index (χ0v) is 10.7. The molecule has 0 saturated heterocycles. The summed E-state index contributed by atoms with van der Waals surface area (Å²) in [4.78, 5) is 11.7. The molecule has 2 aromatic rings. The predicted octanol–water partition coefficient (Wildman–Crippen LogP) is 3.73. The molecule has 0 unspecified atom stereocenters. The van der Waals surface area contributed by atoms with Crippen molar-refractivity contribution in [1.29, 1.82) is 0 Å².